The van der Waals surface area contributed by atoms with Gasteiger partial charge in [-0.25, -0.2) is 0 Å². The Morgan fingerprint density at radius 2 is 2.06 bits per heavy atom. The van der Waals surface area contributed by atoms with E-state index in [1.54, 1.807) is 0 Å². The molecule has 100 valence electrons. The van der Waals surface area contributed by atoms with Crippen molar-refractivity contribution in [2.24, 2.45) is 0 Å². The van der Waals surface area contributed by atoms with Crippen molar-refractivity contribution in [2.45, 2.75) is 32.5 Å². The van der Waals surface area contributed by atoms with Crippen molar-refractivity contribution in [1.29, 1.82) is 0 Å². The number of benzene rings is 1. The minimum Gasteiger partial charge on any atom is -0.520 e. The summed E-state index contributed by atoms with van der Waals surface area (Å²) in [6.45, 7) is 4.79. The molecule has 1 unspecified atom stereocenters. The molecule has 1 aliphatic heterocycles. The average Bonchev–Trinajstić information content (AvgIpc) is 2.27. The fourth-order valence-corrected chi connectivity index (χ4v) is 6.04. The molecule has 0 saturated heterocycles. The second-order valence-electron chi connectivity index (χ2n) is 4.59. The summed E-state index contributed by atoms with van der Waals surface area (Å²) in [6.07, 6.45) is 1.07. The van der Waals surface area contributed by atoms with Gasteiger partial charge in [0, 0.05) is 11.6 Å². The van der Waals surface area contributed by atoms with E-state index in [2.05, 4.69) is 13.5 Å². The summed E-state index contributed by atoms with van der Waals surface area (Å²) in [5, 5.41) is 0.777. The molecule has 0 aromatic heterocycles. The molecule has 0 fully saturated rings. The van der Waals surface area contributed by atoms with Crippen LogP contribution in [0.2, 0.25) is 12.6 Å². The van der Waals surface area contributed by atoms with E-state index in [0.29, 0.717) is 6.61 Å². The van der Waals surface area contributed by atoms with Gasteiger partial charge in [0.25, 0.3) is 0 Å². The summed E-state index contributed by atoms with van der Waals surface area (Å²) in [5.74, 6) is 0.885. The van der Waals surface area contributed by atoms with Crippen LogP contribution in [0.4, 0.5) is 0 Å². The van der Waals surface area contributed by atoms with Crippen LogP contribution in [0.3, 0.4) is 0 Å². The topological polar surface area (TPSA) is 18.5 Å². The Hall–Kier alpha value is 0.284. The molecule has 1 atom stereocenters. The van der Waals surface area contributed by atoms with Crippen molar-refractivity contribution in [3.8, 4) is 5.75 Å². The van der Waals surface area contributed by atoms with Crippen molar-refractivity contribution in [3.63, 3.8) is 0 Å². The fraction of sp³-hybridized carbons (Fsp3) is 0.455. The van der Waals surface area contributed by atoms with E-state index in [4.69, 9.17) is 42.1 Å². The van der Waals surface area contributed by atoms with E-state index < -0.39 is 14.6 Å². The fourth-order valence-electron chi connectivity index (χ4n) is 2.04. The third-order valence-corrected chi connectivity index (χ3v) is 8.70. The predicted octanol–water partition coefficient (Wildman–Crippen LogP) is 3.94. The van der Waals surface area contributed by atoms with Crippen molar-refractivity contribution >= 4 is 53.0 Å². The van der Waals surface area contributed by atoms with E-state index in [9.17, 15) is 0 Å². The Balaban J connectivity index is 2.26. The first-order valence-corrected chi connectivity index (χ1v) is 13.4. The summed E-state index contributed by atoms with van der Waals surface area (Å²) < 4.78 is 11.9. The average molecular weight is 342 g/mol. The van der Waals surface area contributed by atoms with Gasteiger partial charge in [-0.1, -0.05) is 25.5 Å². The van der Waals surface area contributed by atoms with Crippen LogP contribution >= 0.6 is 33.2 Å². The molecular weight excluding hydrogens is 327 g/mol. The summed E-state index contributed by atoms with van der Waals surface area (Å²) >= 11 is 18.0. The Labute approximate surface area is 124 Å². The zero-order valence-electron chi connectivity index (χ0n) is 10.3. The van der Waals surface area contributed by atoms with E-state index in [0.717, 1.165) is 29.0 Å². The van der Waals surface area contributed by atoms with Crippen molar-refractivity contribution in [2.75, 3.05) is 0 Å². The number of hydrogen-bond acceptors (Lipinski definition) is 2. The third kappa shape index (κ3) is 3.24. The highest BCUT2D eigenvalue weighted by molar-refractivity contribution is 7.69. The zero-order chi connectivity index (χ0) is 13.4. The minimum atomic E-state index is -2.83. The molecule has 0 radical (unpaired) electrons. The van der Waals surface area contributed by atoms with Gasteiger partial charge < -0.3 is 8.85 Å². The zero-order valence-corrected chi connectivity index (χ0v) is 14.6. The maximum atomic E-state index is 6.03. The molecule has 0 amide bonds. The van der Waals surface area contributed by atoms with Gasteiger partial charge in [-0.05, 0) is 17.8 Å². The smallest absolute Gasteiger partial charge is 0.395 e. The minimum absolute atomic E-state index is 0.557. The normalized spacial score (nSPS) is 23.4. The van der Waals surface area contributed by atoms with Gasteiger partial charge in [0.1, 0.15) is 5.75 Å². The van der Waals surface area contributed by atoms with Crippen molar-refractivity contribution < 1.29 is 8.85 Å². The summed E-state index contributed by atoms with van der Waals surface area (Å²) in [6, 6.07) is 3.82. The van der Waals surface area contributed by atoms with Gasteiger partial charge in [0.15, 0.2) is 0 Å². The van der Waals surface area contributed by atoms with Crippen LogP contribution in [0.15, 0.2) is 18.2 Å². The molecule has 1 heterocycles. The Morgan fingerprint density at radius 3 is 2.67 bits per heavy atom. The maximum absolute atomic E-state index is 6.03. The standard InChI is InChI=1S/C11H15Cl3O2Si2/c1-3-6-17(2)15-8-9-7-10(18(12,13)14)4-5-11(9)16-17/h4-5,7H,3,6,8H2,1-2H3. The second kappa shape index (κ2) is 5.34. The largest absolute Gasteiger partial charge is 0.520 e. The molecule has 1 aromatic rings. The van der Waals surface area contributed by atoms with Gasteiger partial charge in [-0.15, -0.1) is 33.2 Å². The van der Waals surface area contributed by atoms with Crippen molar-refractivity contribution in [1.82, 2.24) is 0 Å². The van der Waals surface area contributed by atoms with Crippen molar-refractivity contribution in [3.05, 3.63) is 23.8 Å². The molecule has 0 N–H and O–H groups in total. The first kappa shape index (κ1) is 14.7. The lowest BCUT2D eigenvalue weighted by atomic mass is 10.2. The van der Waals surface area contributed by atoms with Crippen LogP contribution in [0.25, 0.3) is 0 Å². The van der Waals surface area contributed by atoms with Crippen LogP contribution in [-0.2, 0) is 11.0 Å². The van der Waals surface area contributed by atoms with Gasteiger partial charge in [-0.2, -0.15) is 0 Å². The van der Waals surface area contributed by atoms with E-state index in [1.807, 2.05) is 18.2 Å². The first-order chi connectivity index (χ1) is 8.34. The van der Waals surface area contributed by atoms with Crippen LogP contribution in [-0.4, -0.2) is 14.6 Å². The van der Waals surface area contributed by atoms with Gasteiger partial charge in [0.2, 0.25) is 0 Å². The van der Waals surface area contributed by atoms with Crippen LogP contribution in [0.5, 0.6) is 5.75 Å². The number of hydrogen-bond donors (Lipinski definition) is 0. The Morgan fingerprint density at radius 1 is 1.33 bits per heavy atom. The molecule has 2 rings (SSSR count). The van der Waals surface area contributed by atoms with Crippen LogP contribution in [0.1, 0.15) is 18.9 Å². The number of halogens is 3. The van der Waals surface area contributed by atoms with Gasteiger partial charge in [-0.3, -0.25) is 0 Å². The molecule has 7 heteroatoms. The highest BCUT2D eigenvalue weighted by Crippen LogP contribution is 2.32. The molecule has 0 spiro atoms. The summed E-state index contributed by atoms with van der Waals surface area (Å²) in [4.78, 5) is 0. The quantitative estimate of drug-likeness (QED) is 0.612. The number of fused-ring (bicyclic) bond motifs is 1. The van der Waals surface area contributed by atoms with E-state index in [-0.39, 0.29) is 0 Å². The molecule has 0 aliphatic carbocycles. The maximum Gasteiger partial charge on any atom is 0.395 e. The predicted molar refractivity (Wildman–Crippen MR) is 81.5 cm³/mol. The highest BCUT2D eigenvalue weighted by Gasteiger charge is 2.38. The second-order valence-corrected chi connectivity index (χ2v) is 16.3. The monoisotopic (exact) mass is 340 g/mol. The lowest BCUT2D eigenvalue weighted by molar-refractivity contribution is 0.205. The lowest BCUT2D eigenvalue weighted by Gasteiger charge is -2.33. The molecule has 1 aromatic carbocycles. The van der Waals surface area contributed by atoms with Gasteiger partial charge in [0.05, 0.1) is 6.61 Å². The lowest BCUT2D eigenvalue weighted by Crippen LogP contribution is -2.45. The Kier molecular flexibility index (Phi) is 4.36. The Bertz CT molecular complexity index is 450. The molecular formula is C11H15Cl3O2Si2. The molecule has 18 heavy (non-hydrogen) atoms. The third-order valence-electron chi connectivity index (χ3n) is 2.95. The van der Waals surface area contributed by atoms with Crippen LogP contribution in [0, 0.1) is 0 Å². The SMILES string of the molecule is CCC[Si]1(C)OCc2cc([Si](Cl)(Cl)Cl)ccc2O1. The van der Waals surface area contributed by atoms with Gasteiger partial charge >= 0.3 is 14.6 Å². The van der Waals surface area contributed by atoms with E-state index in [1.165, 1.54) is 0 Å². The number of rotatable bonds is 3. The highest BCUT2D eigenvalue weighted by atomic mass is 35.8. The molecule has 1 aliphatic rings. The molecule has 0 bridgehead atoms. The van der Waals surface area contributed by atoms with E-state index >= 15 is 0 Å². The molecule has 2 nitrogen and oxygen atoms in total. The molecule has 0 saturated carbocycles. The summed E-state index contributed by atoms with van der Waals surface area (Å²) in [5.41, 5.74) is 0.979. The first-order valence-electron chi connectivity index (χ1n) is 5.87. The van der Waals surface area contributed by atoms with Crippen LogP contribution < -0.4 is 9.61 Å². The summed E-state index contributed by atoms with van der Waals surface area (Å²) in [7, 11) is -2.04.